The molecular formula is C14H21IN8O2. The number of hydrogen-bond acceptors (Lipinski definition) is 6. The zero-order valence-corrected chi connectivity index (χ0v) is 16.7. The van der Waals surface area contributed by atoms with Crippen LogP contribution in [0.1, 0.15) is 11.7 Å². The molecular weight excluding hydrogens is 439 g/mol. The number of anilines is 1. The molecule has 1 N–H and O–H groups in total. The van der Waals surface area contributed by atoms with Crippen molar-refractivity contribution in [2.45, 2.75) is 13.5 Å². The normalized spacial score (nSPS) is 15.3. The van der Waals surface area contributed by atoms with E-state index in [0.717, 1.165) is 5.69 Å². The van der Waals surface area contributed by atoms with Gasteiger partial charge in [-0.15, -0.1) is 24.0 Å². The van der Waals surface area contributed by atoms with Gasteiger partial charge >= 0.3 is 0 Å². The highest BCUT2D eigenvalue weighted by atomic mass is 127. The Labute approximate surface area is 162 Å². The highest BCUT2D eigenvalue weighted by molar-refractivity contribution is 14.0. The maximum absolute atomic E-state index is 12.4. The summed E-state index contributed by atoms with van der Waals surface area (Å²) in [6, 6.07) is 0. The Kier molecular flexibility index (Phi) is 6.33. The summed E-state index contributed by atoms with van der Waals surface area (Å²) in [6.07, 6.45) is 3.52. The minimum absolute atomic E-state index is 0. The molecule has 2 aromatic rings. The van der Waals surface area contributed by atoms with Crippen LogP contribution in [0, 0.1) is 6.92 Å². The summed E-state index contributed by atoms with van der Waals surface area (Å²) < 4.78 is 6.75. The second-order valence-electron chi connectivity index (χ2n) is 5.48. The van der Waals surface area contributed by atoms with Gasteiger partial charge in [0.2, 0.25) is 11.8 Å². The number of amides is 1. The van der Waals surface area contributed by atoms with Crippen molar-refractivity contribution in [2.24, 2.45) is 12.0 Å². The number of carbonyl (C=O) groups excluding carboxylic acids is 1. The van der Waals surface area contributed by atoms with E-state index < -0.39 is 0 Å². The third-order valence-corrected chi connectivity index (χ3v) is 3.70. The molecule has 25 heavy (non-hydrogen) atoms. The second kappa shape index (κ2) is 8.27. The first-order chi connectivity index (χ1) is 11.6. The Bertz CT molecular complexity index is 756. The summed E-state index contributed by atoms with van der Waals surface area (Å²) in [5.74, 6) is 1.70. The molecule has 1 saturated heterocycles. The SMILES string of the molecule is CN=C(NCc1nc(C)no1)N1CCN(c2cnn(C)c2)C(=O)C1.I. The summed E-state index contributed by atoms with van der Waals surface area (Å²) in [5.41, 5.74) is 0.812. The van der Waals surface area contributed by atoms with Crippen molar-refractivity contribution < 1.29 is 9.32 Å². The minimum Gasteiger partial charge on any atom is -0.347 e. The summed E-state index contributed by atoms with van der Waals surface area (Å²) in [4.78, 5) is 24.4. The first-order valence-corrected chi connectivity index (χ1v) is 7.60. The van der Waals surface area contributed by atoms with Crippen LogP contribution in [0.3, 0.4) is 0 Å². The van der Waals surface area contributed by atoms with Crippen LogP contribution in [0.2, 0.25) is 0 Å². The number of nitrogens with zero attached hydrogens (tertiary/aromatic N) is 7. The summed E-state index contributed by atoms with van der Waals surface area (Å²) in [5, 5.41) is 11.0. The van der Waals surface area contributed by atoms with Gasteiger partial charge in [-0.2, -0.15) is 10.1 Å². The predicted octanol–water partition coefficient (Wildman–Crippen LogP) is 0.154. The van der Waals surface area contributed by atoms with E-state index in [1.165, 1.54) is 0 Å². The van der Waals surface area contributed by atoms with Gasteiger partial charge in [0.15, 0.2) is 11.8 Å². The summed E-state index contributed by atoms with van der Waals surface area (Å²) in [6.45, 7) is 3.62. The van der Waals surface area contributed by atoms with Crippen LogP contribution in [0.4, 0.5) is 5.69 Å². The van der Waals surface area contributed by atoms with E-state index in [0.29, 0.717) is 37.3 Å². The molecule has 3 heterocycles. The Hall–Kier alpha value is -2.18. The number of nitrogens with one attached hydrogen (secondary N) is 1. The summed E-state index contributed by atoms with van der Waals surface area (Å²) >= 11 is 0. The Balaban J connectivity index is 0.00000225. The molecule has 11 heteroatoms. The van der Waals surface area contributed by atoms with Gasteiger partial charge in [-0.05, 0) is 6.92 Å². The van der Waals surface area contributed by atoms with Crippen molar-refractivity contribution in [3.05, 3.63) is 24.1 Å². The first kappa shape index (κ1) is 19.1. The molecule has 0 aliphatic carbocycles. The number of rotatable bonds is 3. The number of carbonyl (C=O) groups is 1. The molecule has 2 aromatic heterocycles. The molecule has 0 unspecified atom stereocenters. The molecule has 0 saturated carbocycles. The lowest BCUT2D eigenvalue weighted by molar-refractivity contribution is -0.120. The predicted molar refractivity (Wildman–Crippen MR) is 102 cm³/mol. The fraction of sp³-hybridized carbons (Fsp3) is 0.500. The van der Waals surface area contributed by atoms with Crippen LogP contribution < -0.4 is 10.2 Å². The van der Waals surface area contributed by atoms with Crippen molar-refractivity contribution >= 4 is 41.5 Å². The molecule has 3 rings (SSSR count). The van der Waals surface area contributed by atoms with Crippen molar-refractivity contribution in [1.29, 1.82) is 0 Å². The number of aryl methyl sites for hydroxylation is 2. The van der Waals surface area contributed by atoms with Crippen molar-refractivity contribution in [2.75, 3.05) is 31.6 Å². The molecule has 0 radical (unpaired) electrons. The van der Waals surface area contributed by atoms with Gasteiger partial charge in [0, 0.05) is 33.4 Å². The maximum atomic E-state index is 12.4. The van der Waals surface area contributed by atoms with Crippen LogP contribution >= 0.6 is 24.0 Å². The van der Waals surface area contributed by atoms with E-state index in [1.807, 2.05) is 18.1 Å². The Morgan fingerprint density at radius 3 is 2.80 bits per heavy atom. The lowest BCUT2D eigenvalue weighted by Gasteiger charge is -2.35. The molecule has 1 fully saturated rings. The number of piperazine rings is 1. The first-order valence-electron chi connectivity index (χ1n) is 7.60. The number of aromatic nitrogens is 4. The average molecular weight is 460 g/mol. The van der Waals surface area contributed by atoms with E-state index >= 15 is 0 Å². The van der Waals surface area contributed by atoms with Crippen LogP contribution in [0.5, 0.6) is 0 Å². The average Bonchev–Trinajstić information content (AvgIpc) is 3.16. The van der Waals surface area contributed by atoms with Crippen molar-refractivity contribution in [3.8, 4) is 0 Å². The maximum Gasteiger partial charge on any atom is 0.246 e. The van der Waals surface area contributed by atoms with Gasteiger partial charge in [0.25, 0.3) is 0 Å². The van der Waals surface area contributed by atoms with E-state index in [9.17, 15) is 4.79 Å². The standard InChI is InChI=1S/C14H20N8O2.HI/c1-10-18-12(24-19-10)7-16-14(15-2)21-4-5-22(13(23)9-21)11-6-17-20(3)8-11;/h6,8H,4-5,7,9H2,1-3H3,(H,15,16);1H. The number of halogens is 1. The summed E-state index contributed by atoms with van der Waals surface area (Å²) in [7, 11) is 3.51. The van der Waals surface area contributed by atoms with Crippen LogP contribution in [0.15, 0.2) is 21.9 Å². The van der Waals surface area contributed by atoms with Crippen molar-refractivity contribution in [3.63, 3.8) is 0 Å². The Morgan fingerprint density at radius 2 is 2.24 bits per heavy atom. The molecule has 0 aromatic carbocycles. The lowest BCUT2D eigenvalue weighted by atomic mass is 10.3. The van der Waals surface area contributed by atoms with Gasteiger partial charge < -0.3 is 19.6 Å². The highest BCUT2D eigenvalue weighted by Crippen LogP contribution is 2.16. The number of guanidine groups is 1. The topological polar surface area (TPSA) is 105 Å². The fourth-order valence-electron chi connectivity index (χ4n) is 2.57. The molecule has 136 valence electrons. The minimum atomic E-state index is 0. The fourth-order valence-corrected chi connectivity index (χ4v) is 2.57. The van der Waals surface area contributed by atoms with Crippen LogP contribution in [0.25, 0.3) is 0 Å². The van der Waals surface area contributed by atoms with Gasteiger partial charge in [-0.3, -0.25) is 14.5 Å². The van der Waals surface area contributed by atoms with Crippen LogP contribution in [-0.2, 0) is 18.4 Å². The van der Waals surface area contributed by atoms with E-state index in [1.54, 1.807) is 29.7 Å². The number of aliphatic imine (C=N–C) groups is 1. The Morgan fingerprint density at radius 1 is 1.44 bits per heavy atom. The second-order valence-corrected chi connectivity index (χ2v) is 5.48. The monoisotopic (exact) mass is 460 g/mol. The molecule has 10 nitrogen and oxygen atoms in total. The van der Waals surface area contributed by atoms with Gasteiger partial charge in [-0.25, -0.2) is 0 Å². The molecule has 1 aliphatic rings. The quantitative estimate of drug-likeness (QED) is 0.395. The van der Waals surface area contributed by atoms with Crippen molar-refractivity contribution in [1.82, 2.24) is 30.1 Å². The molecule has 0 atom stereocenters. The zero-order valence-electron chi connectivity index (χ0n) is 14.3. The molecule has 0 bridgehead atoms. The van der Waals surface area contributed by atoms with Crippen LogP contribution in [-0.4, -0.2) is 63.4 Å². The largest absolute Gasteiger partial charge is 0.347 e. The highest BCUT2D eigenvalue weighted by Gasteiger charge is 2.27. The third kappa shape index (κ3) is 4.46. The number of hydrogen-bond donors (Lipinski definition) is 1. The zero-order chi connectivity index (χ0) is 17.1. The van der Waals surface area contributed by atoms with Gasteiger partial charge in [0.1, 0.15) is 6.54 Å². The van der Waals surface area contributed by atoms with Gasteiger partial charge in [-0.1, -0.05) is 5.16 Å². The molecule has 0 spiro atoms. The lowest BCUT2D eigenvalue weighted by Crippen LogP contribution is -2.55. The third-order valence-electron chi connectivity index (χ3n) is 3.70. The van der Waals surface area contributed by atoms with E-state index in [4.69, 9.17) is 4.52 Å². The van der Waals surface area contributed by atoms with E-state index in [2.05, 4.69) is 25.5 Å². The molecule has 1 amide bonds. The van der Waals surface area contributed by atoms with Gasteiger partial charge in [0.05, 0.1) is 18.4 Å². The van der Waals surface area contributed by atoms with E-state index in [-0.39, 0.29) is 36.4 Å². The molecule has 1 aliphatic heterocycles. The smallest absolute Gasteiger partial charge is 0.246 e.